The Kier molecular flexibility index (Phi) is 7.61. The zero-order valence-electron chi connectivity index (χ0n) is 15.8. The summed E-state index contributed by atoms with van der Waals surface area (Å²) in [5.41, 5.74) is 3.28. The summed E-state index contributed by atoms with van der Waals surface area (Å²) in [6, 6.07) is 21.6. The monoisotopic (exact) mass is 415 g/mol. The summed E-state index contributed by atoms with van der Waals surface area (Å²) in [6.45, 7) is 2.04. The molecule has 0 atom stereocenters. The highest BCUT2D eigenvalue weighted by molar-refractivity contribution is 6.35. The van der Waals surface area contributed by atoms with Crippen molar-refractivity contribution in [2.75, 3.05) is 13.7 Å². The Morgan fingerprint density at radius 2 is 1.75 bits per heavy atom. The number of nitrogens with one attached hydrogen (secondary N) is 1. The van der Waals surface area contributed by atoms with Crippen molar-refractivity contribution in [3.05, 3.63) is 93.5 Å². The van der Waals surface area contributed by atoms with E-state index in [1.54, 1.807) is 13.2 Å². The first-order valence-electron chi connectivity index (χ1n) is 9.14. The summed E-state index contributed by atoms with van der Waals surface area (Å²) in [4.78, 5) is 0. The molecule has 0 saturated heterocycles. The SMILES string of the molecule is COc1ccccc1CCNCc1cccc(OCc2ccc(Cl)cc2Cl)c1. The summed E-state index contributed by atoms with van der Waals surface area (Å²) < 4.78 is 11.3. The van der Waals surface area contributed by atoms with Crippen LogP contribution >= 0.6 is 23.2 Å². The molecule has 0 saturated carbocycles. The highest BCUT2D eigenvalue weighted by Crippen LogP contribution is 2.23. The first kappa shape index (κ1) is 20.5. The Morgan fingerprint density at radius 3 is 2.57 bits per heavy atom. The van der Waals surface area contributed by atoms with Crippen LogP contribution < -0.4 is 14.8 Å². The number of para-hydroxylation sites is 1. The topological polar surface area (TPSA) is 30.5 Å². The zero-order valence-corrected chi connectivity index (χ0v) is 17.3. The van der Waals surface area contributed by atoms with Crippen molar-refractivity contribution in [2.45, 2.75) is 19.6 Å². The molecule has 3 aromatic carbocycles. The van der Waals surface area contributed by atoms with E-state index in [0.29, 0.717) is 16.7 Å². The summed E-state index contributed by atoms with van der Waals surface area (Å²) in [5, 5.41) is 4.70. The molecule has 5 heteroatoms. The minimum Gasteiger partial charge on any atom is -0.496 e. The lowest BCUT2D eigenvalue weighted by Gasteiger charge is -2.11. The molecule has 0 aliphatic rings. The Balaban J connectivity index is 1.49. The molecule has 0 radical (unpaired) electrons. The van der Waals surface area contributed by atoms with Gasteiger partial charge in [0.15, 0.2) is 0 Å². The van der Waals surface area contributed by atoms with Crippen molar-refractivity contribution in [2.24, 2.45) is 0 Å². The highest BCUT2D eigenvalue weighted by atomic mass is 35.5. The van der Waals surface area contributed by atoms with Crippen molar-refractivity contribution in [3.63, 3.8) is 0 Å². The van der Waals surface area contributed by atoms with E-state index in [2.05, 4.69) is 17.4 Å². The maximum atomic E-state index is 6.20. The molecular formula is C23H23Cl2NO2. The lowest BCUT2D eigenvalue weighted by molar-refractivity contribution is 0.306. The van der Waals surface area contributed by atoms with Gasteiger partial charge in [0.05, 0.1) is 7.11 Å². The van der Waals surface area contributed by atoms with Gasteiger partial charge in [0.25, 0.3) is 0 Å². The van der Waals surface area contributed by atoms with Crippen LogP contribution in [0.5, 0.6) is 11.5 Å². The van der Waals surface area contributed by atoms with Crippen LogP contribution in [0.4, 0.5) is 0 Å². The molecule has 0 unspecified atom stereocenters. The van der Waals surface area contributed by atoms with Gasteiger partial charge in [0, 0.05) is 22.2 Å². The van der Waals surface area contributed by atoms with Crippen molar-refractivity contribution in [1.29, 1.82) is 0 Å². The van der Waals surface area contributed by atoms with Crippen LogP contribution in [0.25, 0.3) is 0 Å². The standard InChI is InChI=1S/C23H23Cl2NO2/c1-27-23-8-3-2-6-18(23)11-12-26-15-17-5-4-7-21(13-17)28-16-19-9-10-20(24)14-22(19)25/h2-10,13-14,26H,11-12,15-16H2,1H3. The van der Waals surface area contributed by atoms with Gasteiger partial charge in [-0.05, 0) is 54.4 Å². The summed E-state index contributed by atoms with van der Waals surface area (Å²) in [7, 11) is 1.70. The molecule has 28 heavy (non-hydrogen) atoms. The van der Waals surface area contributed by atoms with Crippen LogP contribution in [0.1, 0.15) is 16.7 Å². The second kappa shape index (κ2) is 10.4. The molecule has 0 aliphatic carbocycles. The third-order valence-corrected chi connectivity index (χ3v) is 4.99. The molecule has 3 aromatic rings. The molecule has 3 rings (SSSR count). The normalized spacial score (nSPS) is 10.7. The molecule has 146 valence electrons. The third kappa shape index (κ3) is 5.90. The first-order chi connectivity index (χ1) is 13.7. The lowest BCUT2D eigenvalue weighted by atomic mass is 10.1. The fourth-order valence-corrected chi connectivity index (χ4v) is 3.37. The largest absolute Gasteiger partial charge is 0.496 e. The Bertz CT molecular complexity index is 915. The van der Waals surface area contributed by atoms with Gasteiger partial charge in [0.1, 0.15) is 18.1 Å². The average molecular weight is 416 g/mol. The van der Waals surface area contributed by atoms with Crippen LogP contribution in [-0.2, 0) is 19.6 Å². The highest BCUT2D eigenvalue weighted by Gasteiger charge is 2.04. The van der Waals surface area contributed by atoms with E-state index in [0.717, 1.165) is 36.6 Å². The van der Waals surface area contributed by atoms with Crippen molar-refractivity contribution < 1.29 is 9.47 Å². The van der Waals surface area contributed by atoms with Gasteiger partial charge in [-0.2, -0.15) is 0 Å². The number of rotatable bonds is 9. The number of benzene rings is 3. The van der Waals surface area contributed by atoms with E-state index < -0.39 is 0 Å². The van der Waals surface area contributed by atoms with Crippen molar-refractivity contribution in [1.82, 2.24) is 5.32 Å². The van der Waals surface area contributed by atoms with Crippen molar-refractivity contribution in [3.8, 4) is 11.5 Å². The first-order valence-corrected chi connectivity index (χ1v) is 9.89. The van der Waals surface area contributed by atoms with E-state index in [9.17, 15) is 0 Å². The van der Waals surface area contributed by atoms with Crippen LogP contribution in [0.2, 0.25) is 10.0 Å². The zero-order chi connectivity index (χ0) is 19.8. The van der Waals surface area contributed by atoms with Crippen LogP contribution in [0.3, 0.4) is 0 Å². The molecule has 0 bridgehead atoms. The maximum absolute atomic E-state index is 6.20. The van der Waals surface area contributed by atoms with E-state index in [1.165, 1.54) is 11.1 Å². The van der Waals surface area contributed by atoms with E-state index in [4.69, 9.17) is 32.7 Å². The number of methoxy groups -OCH3 is 1. The van der Waals surface area contributed by atoms with Crippen LogP contribution in [-0.4, -0.2) is 13.7 Å². The van der Waals surface area contributed by atoms with Gasteiger partial charge in [-0.15, -0.1) is 0 Å². The molecule has 0 aliphatic heterocycles. The fraction of sp³-hybridized carbons (Fsp3) is 0.217. The average Bonchev–Trinajstić information content (AvgIpc) is 2.71. The van der Waals surface area contributed by atoms with Gasteiger partial charge < -0.3 is 14.8 Å². The Hall–Kier alpha value is -2.20. The van der Waals surface area contributed by atoms with E-state index in [1.807, 2.05) is 48.5 Å². The molecule has 0 amide bonds. The maximum Gasteiger partial charge on any atom is 0.122 e. The molecular weight excluding hydrogens is 393 g/mol. The third-order valence-electron chi connectivity index (χ3n) is 4.40. The molecule has 1 N–H and O–H groups in total. The fourth-order valence-electron chi connectivity index (χ4n) is 2.91. The quantitative estimate of drug-likeness (QED) is 0.440. The number of hydrogen-bond donors (Lipinski definition) is 1. The number of halogens is 2. The molecule has 3 nitrogen and oxygen atoms in total. The van der Waals surface area contributed by atoms with Gasteiger partial charge in [-0.25, -0.2) is 0 Å². The molecule has 0 spiro atoms. The van der Waals surface area contributed by atoms with E-state index >= 15 is 0 Å². The molecule has 0 fully saturated rings. The van der Waals surface area contributed by atoms with E-state index in [-0.39, 0.29) is 0 Å². The Morgan fingerprint density at radius 1 is 0.893 bits per heavy atom. The van der Waals surface area contributed by atoms with Gasteiger partial charge in [0.2, 0.25) is 0 Å². The number of ether oxygens (including phenoxy) is 2. The summed E-state index contributed by atoms with van der Waals surface area (Å²) in [5.74, 6) is 1.75. The smallest absolute Gasteiger partial charge is 0.122 e. The predicted molar refractivity (Wildman–Crippen MR) is 116 cm³/mol. The van der Waals surface area contributed by atoms with Gasteiger partial charge in [-0.1, -0.05) is 59.6 Å². The Labute approximate surface area is 176 Å². The number of hydrogen-bond acceptors (Lipinski definition) is 3. The minimum absolute atomic E-state index is 0.403. The summed E-state index contributed by atoms with van der Waals surface area (Å²) in [6.07, 6.45) is 0.912. The van der Waals surface area contributed by atoms with Crippen LogP contribution in [0, 0.1) is 0 Å². The molecule has 0 aromatic heterocycles. The van der Waals surface area contributed by atoms with Gasteiger partial charge in [-0.3, -0.25) is 0 Å². The van der Waals surface area contributed by atoms with Crippen molar-refractivity contribution >= 4 is 23.2 Å². The predicted octanol–water partition coefficient (Wildman–Crippen LogP) is 5.91. The second-order valence-electron chi connectivity index (χ2n) is 6.41. The minimum atomic E-state index is 0.403. The second-order valence-corrected chi connectivity index (χ2v) is 7.25. The summed E-state index contributed by atoms with van der Waals surface area (Å²) >= 11 is 12.1. The van der Waals surface area contributed by atoms with Crippen LogP contribution in [0.15, 0.2) is 66.7 Å². The molecule has 0 heterocycles. The van der Waals surface area contributed by atoms with Gasteiger partial charge >= 0.3 is 0 Å². The lowest BCUT2D eigenvalue weighted by Crippen LogP contribution is -2.17.